The summed E-state index contributed by atoms with van der Waals surface area (Å²) in [5.74, 6) is -1.17. The lowest BCUT2D eigenvalue weighted by molar-refractivity contribution is -0.138. The van der Waals surface area contributed by atoms with Gasteiger partial charge in [-0.1, -0.05) is 0 Å². The van der Waals surface area contributed by atoms with Crippen LogP contribution in [0.2, 0.25) is 0 Å². The monoisotopic (exact) mass is 196 g/mol. The van der Waals surface area contributed by atoms with Crippen LogP contribution in [0.1, 0.15) is 6.42 Å². The summed E-state index contributed by atoms with van der Waals surface area (Å²) in [6.07, 6.45) is -0.503. The van der Waals surface area contributed by atoms with Crippen molar-refractivity contribution in [2.24, 2.45) is 11.5 Å². The maximum absolute atomic E-state index is 10.9. The average molecular weight is 196 g/mol. The lowest BCUT2D eigenvalue weighted by Gasteiger charge is -2.10. The Hall–Kier alpha value is -0.420. The third-order valence-electron chi connectivity index (χ3n) is 1.39. The molecule has 12 heavy (non-hydrogen) atoms. The predicted molar refractivity (Wildman–Crippen MR) is 44.0 cm³/mol. The van der Waals surface area contributed by atoms with E-state index in [0.717, 1.165) is 0 Å². The minimum Gasteiger partial charge on any atom is -0.480 e. The van der Waals surface area contributed by atoms with Gasteiger partial charge >= 0.3 is 5.97 Å². The van der Waals surface area contributed by atoms with Crippen molar-refractivity contribution in [2.75, 3.05) is 12.4 Å². The zero-order chi connectivity index (χ0) is 9.78. The zero-order valence-corrected chi connectivity index (χ0v) is 7.41. The van der Waals surface area contributed by atoms with Crippen LogP contribution in [0.15, 0.2) is 0 Å². The van der Waals surface area contributed by atoms with E-state index in [-0.39, 0.29) is 18.9 Å². The van der Waals surface area contributed by atoms with E-state index >= 15 is 0 Å². The summed E-state index contributed by atoms with van der Waals surface area (Å²) in [5.41, 5.74) is 10.1. The van der Waals surface area contributed by atoms with Gasteiger partial charge in [0, 0.05) is 6.16 Å². The van der Waals surface area contributed by atoms with Gasteiger partial charge < -0.3 is 21.5 Å². The summed E-state index contributed by atoms with van der Waals surface area (Å²) in [6.45, 7) is 0. The van der Waals surface area contributed by atoms with Crippen LogP contribution in [0.4, 0.5) is 0 Å². The summed E-state index contributed by atoms with van der Waals surface area (Å²) in [4.78, 5) is 19.1. The van der Waals surface area contributed by atoms with Gasteiger partial charge in [-0.05, 0) is 6.42 Å². The quantitative estimate of drug-likeness (QED) is 0.416. The van der Waals surface area contributed by atoms with E-state index in [0.29, 0.717) is 0 Å². The van der Waals surface area contributed by atoms with Gasteiger partial charge in [-0.15, -0.1) is 0 Å². The molecule has 0 aromatic carbocycles. The molecule has 0 saturated carbocycles. The molecule has 0 aliphatic carbocycles. The van der Waals surface area contributed by atoms with Crippen molar-refractivity contribution in [3.05, 3.63) is 0 Å². The maximum Gasteiger partial charge on any atom is 0.320 e. The molecule has 72 valence electrons. The zero-order valence-electron chi connectivity index (χ0n) is 6.51. The number of carboxylic acids is 1. The van der Waals surface area contributed by atoms with Gasteiger partial charge in [0.15, 0.2) is 0 Å². The molecule has 0 radical (unpaired) electrons. The van der Waals surface area contributed by atoms with Gasteiger partial charge in [0.2, 0.25) is 7.37 Å². The topological polar surface area (TPSA) is 127 Å². The van der Waals surface area contributed by atoms with E-state index in [1.807, 2.05) is 0 Å². The largest absolute Gasteiger partial charge is 0.480 e. The number of carboxylic acid groups (broad SMARTS) is 1. The molecule has 2 atom stereocenters. The van der Waals surface area contributed by atoms with E-state index in [1.165, 1.54) is 0 Å². The van der Waals surface area contributed by atoms with Gasteiger partial charge in [-0.25, -0.2) is 0 Å². The number of rotatable bonds is 5. The molecular weight excluding hydrogens is 183 g/mol. The Morgan fingerprint density at radius 2 is 2.08 bits per heavy atom. The number of hydrogen-bond donors (Lipinski definition) is 4. The minimum atomic E-state index is -3.33. The van der Waals surface area contributed by atoms with Crippen molar-refractivity contribution in [3.63, 3.8) is 0 Å². The van der Waals surface area contributed by atoms with E-state index in [9.17, 15) is 9.36 Å². The Morgan fingerprint density at radius 3 is 2.42 bits per heavy atom. The van der Waals surface area contributed by atoms with Gasteiger partial charge in [0.1, 0.15) is 6.04 Å². The standard InChI is InChI=1S/C5H13N2O4P/c6-3-12(10,11)2-1-4(7)5(8)9/h4H,1-3,6-7H2,(H,8,9)(H,10,11)/t4-/m0/s1. The van der Waals surface area contributed by atoms with Crippen LogP contribution < -0.4 is 11.5 Å². The third-order valence-corrected chi connectivity index (χ3v) is 2.92. The molecule has 0 aromatic heterocycles. The summed E-state index contributed by atoms with van der Waals surface area (Å²) in [5, 5.41) is 8.32. The first-order chi connectivity index (χ1) is 5.39. The van der Waals surface area contributed by atoms with E-state index < -0.39 is 19.4 Å². The highest BCUT2D eigenvalue weighted by molar-refractivity contribution is 7.57. The average Bonchev–Trinajstić information content (AvgIpc) is 2.00. The highest BCUT2D eigenvalue weighted by Gasteiger charge is 2.19. The first kappa shape index (κ1) is 11.6. The molecule has 7 heteroatoms. The van der Waals surface area contributed by atoms with Crippen LogP contribution in [0.5, 0.6) is 0 Å². The summed E-state index contributed by atoms with van der Waals surface area (Å²) >= 11 is 0. The SMILES string of the molecule is NCP(=O)(O)CC[C@H](N)C(=O)O. The van der Waals surface area contributed by atoms with Crippen LogP contribution in [0.3, 0.4) is 0 Å². The first-order valence-corrected chi connectivity index (χ1v) is 5.41. The minimum absolute atomic E-state index is 0.0275. The number of nitrogens with two attached hydrogens (primary N) is 2. The van der Waals surface area contributed by atoms with Gasteiger partial charge in [0.25, 0.3) is 0 Å². The molecule has 0 saturated heterocycles. The molecule has 0 rings (SSSR count). The van der Waals surface area contributed by atoms with E-state index in [1.54, 1.807) is 0 Å². The summed E-state index contributed by atoms with van der Waals surface area (Å²) < 4.78 is 10.9. The Labute approximate surface area is 70.0 Å². The number of hydrogen-bond acceptors (Lipinski definition) is 4. The Kier molecular flexibility index (Phi) is 4.41. The van der Waals surface area contributed by atoms with Crippen molar-refractivity contribution in [3.8, 4) is 0 Å². The fraction of sp³-hybridized carbons (Fsp3) is 0.800. The highest BCUT2D eigenvalue weighted by Crippen LogP contribution is 2.38. The van der Waals surface area contributed by atoms with Crippen LogP contribution in [0.25, 0.3) is 0 Å². The first-order valence-electron chi connectivity index (χ1n) is 3.38. The molecule has 0 fully saturated rings. The Bertz CT molecular complexity index is 208. The molecule has 6 N–H and O–H groups in total. The molecule has 0 amide bonds. The fourth-order valence-electron chi connectivity index (χ4n) is 0.556. The van der Waals surface area contributed by atoms with Crippen molar-refractivity contribution < 1.29 is 19.4 Å². The predicted octanol–water partition coefficient (Wildman–Crippen LogP) is -1.03. The van der Waals surface area contributed by atoms with Crippen molar-refractivity contribution in [1.82, 2.24) is 0 Å². The van der Waals surface area contributed by atoms with E-state index in [2.05, 4.69) is 0 Å². The molecule has 0 bridgehead atoms. The van der Waals surface area contributed by atoms with Gasteiger partial charge in [-0.2, -0.15) is 0 Å². The van der Waals surface area contributed by atoms with Crippen molar-refractivity contribution >= 4 is 13.3 Å². The molecule has 1 unspecified atom stereocenters. The highest BCUT2D eigenvalue weighted by atomic mass is 31.2. The second-order valence-corrected chi connectivity index (χ2v) is 4.99. The Morgan fingerprint density at radius 1 is 1.58 bits per heavy atom. The van der Waals surface area contributed by atoms with Crippen molar-refractivity contribution in [1.29, 1.82) is 0 Å². The maximum atomic E-state index is 10.9. The van der Waals surface area contributed by atoms with Crippen molar-refractivity contribution in [2.45, 2.75) is 12.5 Å². The second kappa shape index (κ2) is 4.57. The Balaban J connectivity index is 3.83. The number of aliphatic carboxylic acids is 1. The lowest BCUT2D eigenvalue weighted by Crippen LogP contribution is -2.31. The smallest absolute Gasteiger partial charge is 0.320 e. The normalized spacial score (nSPS) is 18.2. The molecule has 0 aromatic rings. The molecule has 0 spiro atoms. The molecule has 0 heterocycles. The molecule has 0 aliphatic rings. The van der Waals surface area contributed by atoms with Crippen LogP contribution >= 0.6 is 7.37 Å². The molecular formula is C5H13N2O4P. The lowest BCUT2D eigenvalue weighted by atomic mass is 10.2. The van der Waals surface area contributed by atoms with Gasteiger partial charge in [-0.3, -0.25) is 9.36 Å². The van der Waals surface area contributed by atoms with Crippen LogP contribution in [0, 0.1) is 0 Å². The molecule has 6 nitrogen and oxygen atoms in total. The molecule has 0 aliphatic heterocycles. The summed E-state index contributed by atoms with van der Waals surface area (Å²) in [6, 6.07) is -1.09. The fourth-order valence-corrected chi connectivity index (χ4v) is 1.42. The van der Waals surface area contributed by atoms with Crippen LogP contribution in [-0.2, 0) is 9.36 Å². The second-order valence-electron chi connectivity index (χ2n) is 2.49. The van der Waals surface area contributed by atoms with Crippen LogP contribution in [-0.4, -0.2) is 34.5 Å². The van der Waals surface area contributed by atoms with E-state index in [4.69, 9.17) is 21.5 Å². The number of carbonyl (C=O) groups is 1. The van der Waals surface area contributed by atoms with Gasteiger partial charge in [0.05, 0.1) is 6.29 Å². The third kappa shape index (κ3) is 4.46. The summed E-state index contributed by atoms with van der Waals surface area (Å²) in [7, 11) is -3.33.